The Labute approximate surface area is 118 Å². The Morgan fingerprint density at radius 1 is 1.42 bits per heavy atom. The maximum absolute atomic E-state index is 12.0. The highest BCUT2D eigenvalue weighted by Gasteiger charge is 2.12. The fourth-order valence-corrected chi connectivity index (χ4v) is 1.56. The highest BCUT2D eigenvalue weighted by Crippen LogP contribution is 2.08. The average Bonchev–Trinajstić information content (AvgIpc) is 2.41. The molecule has 4 nitrogen and oxygen atoms in total. The predicted octanol–water partition coefficient (Wildman–Crippen LogP) is 1.76. The van der Waals surface area contributed by atoms with Gasteiger partial charge in [0.15, 0.2) is 6.61 Å². The second-order valence-corrected chi connectivity index (χ2v) is 4.47. The van der Waals surface area contributed by atoms with Crippen LogP contribution in [0.25, 0.3) is 0 Å². The Kier molecular flexibility index (Phi) is 6.60. The van der Waals surface area contributed by atoms with Crippen LogP contribution < -0.4 is 10.5 Å². The van der Waals surface area contributed by atoms with E-state index in [2.05, 4.69) is 6.58 Å². The van der Waals surface area contributed by atoms with Crippen molar-refractivity contribution in [3.63, 3.8) is 0 Å². The van der Waals surface area contributed by atoms with Gasteiger partial charge in [0.25, 0.3) is 5.91 Å². The lowest BCUT2D eigenvalue weighted by Crippen LogP contribution is -2.37. The van der Waals surface area contributed by atoms with Crippen LogP contribution in [0.15, 0.2) is 43.0 Å². The Balaban J connectivity index is 2.47. The number of para-hydroxylation sites is 1. The molecule has 0 aliphatic carbocycles. The minimum atomic E-state index is -0.111. The number of carbonyl (C=O) groups is 1. The van der Waals surface area contributed by atoms with E-state index in [-0.39, 0.29) is 12.5 Å². The lowest BCUT2D eigenvalue weighted by molar-refractivity contribution is -0.132. The molecule has 2 N–H and O–H groups in total. The normalized spacial score (nSPS) is 9.68. The first kappa shape index (κ1) is 15.2. The summed E-state index contributed by atoms with van der Waals surface area (Å²) in [5.74, 6) is 0.559. The summed E-state index contributed by atoms with van der Waals surface area (Å²) in [6, 6.07) is 9.21. The zero-order chi connectivity index (χ0) is 14.1. The van der Waals surface area contributed by atoms with Crippen molar-refractivity contribution in [1.82, 2.24) is 4.90 Å². The molecule has 0 heterocycles. The van der Waals surface area contributed by atoms with Crippen molar-refractivity contribution in [2.45, 2.75) is 6.42 Å². The van der Waals surface area contributed by atoms with Crippen LogP contribution in [0, 0.1) is 0 Å². The van der Waals surface area contributed by atoms with E-state index >= 15 is 0 Å². The van der Waals surface area contributed by atoms with Gasteiger partial charge in [-0.3, -0.25) is 4.79 Å². The number of amides is 1. The minimum absolute atomic E-state index is 0.00478. The molecule has 19 heavy (non-hydrogen) atoms. The Hall–Kier alpha value is -1.88. The number of hydrogen-bond donors (Lipinski definition) is 1. The first-order valence-corrected chi connectivity index (χ1v) is 6.39. The fraction of sp³-hybridized carbons (Fsp3) is 0.286. The summed E-state index contributed by atoms with van der Waals surface area (Å²) in [6.07, 6.45) is 2.17. The zero-order valence-corrected chi connectivity index (χ0v) is 11.6. The molecule has 0 atom stereocenters. The van der Waals surface area contributed by atoms with Crippen LogP contribution in [0.5, 0.6) is 5.75 Å². The van der Waals surface area contributed by atoms with Crippen LogP contribution in [0.1, 0.15) is 6.42 Å². The number of rotatable bonds is 8. The predicted molar refractivity (Wildman–Crippen MR) is 80.1 cm³/mol. The summed E-state index contributed by atoms with van der Waals surface area (Å²) in [5.41, 5.74) is 5.44. The van der Waals surface area contributed by atoms with E-state index < -0.39 is 0 Å². The van der Waals surface area contributed by atoms with Crippen LogP contribution >= 0.6 is 12.2 Å². The second kappa shape index (κ2) is 8.26. The third kappa shape index (κ3) is 6.01. The first-order chi connectivity index (χ1) is 9.13. The number of hydrogen-bond acceptors (Lipinski definition) is 3. The molecule has 0 saturated heterocycles. The molecular formula is C14H18N2O2S. The molecule has 0 aromatic heterocycles. The van der Waals surface area contributed by atoms with E-state index in [0.29, 0.717) is 30.2 Å². The SMILES string of the molecule is C=CCN(CCC(N)=S)C(=O)COc1ccccc1. The molecule has 0 bridgehead atoms. The third-order valence-corrected chi connectivity index (χ3v) is 2.64. The van der Waals surface area contributed by atoms with Gasteiger partial charge in [0, 0.05) is 19.5 Å². The molecule has 1 aromatic carbocycles. The van der Waals surface area contributed by atoms with Crippen LogP contribution in [-0.2, 0) is 4.79 Å². The lowest BCUT2D eigenvalue weighted by atomic mass is 10.3. The molecule has 0 aliphatic rings. The molecule has 0 radical (unpaired) electrons. The molecule has 0 saturated carbocycles. The van der Waals surface area contributed by atoms with E-state index in [0.717, 1.165) is 0 Å². The molecule has 0 unspecified atom stereocenters. The second-order valence-electron chi connectivity index (χ2n) is 3.95. The first-order valence-electron chi connectivity index (χ1n) is 5.98. The van der Waals surface area contributed by atoms with Gasteiger partial charge in [-0.15, -0.1) is 6.58 Å². The topological polar surface area (TPSA) is 55.6 Å². The van der Waals surface area contributed by atoms with Crippen molar-refractivity contribution in [3.8, 4) is 5.75 Å². The van der Waals surface area contributed by atoms with Crippen molar-refractivity contribution in [3.05, 3.63) is 43.0 Å². The molecule has 0 aliphatic heterocycles. The van der Waals surface area contributed by atoms with Gasteiger partial charge in [-0.25, -0.2) is 0 Å². The van der Waals surface area contributed by atoms with Crippen LogP contribution in [0.3, 0.4) is 0 Å². The Bertz CT molecular complexity index is 434. The average molecular weight is 278 g/mol. The van der Waals surface area contributed by atoms with E-state index in [4.69, 9.17) is 22.7 Å². The van der Waals surface area contributed by atoms with Gasteiger partial charge in [-0.1, -0.05) is 36.5 Å². The quantitative estimate of drug-likeness (QED) is 0.581. The summed E-state index contributed by atoms with van der Waals surface area (Å²) >= 11 is 4.81. The standard InChI is InChI=1S/C14H18N2O2S/c1-2-9-16(10-8-13(15)19)14(17)11-18-12-6-4-3-5-7-12/h2-7H,1,8-11H2,(H2,15,19). The van der Waals surface area contributed by atoms with Crippen molar-refractivity contribution in [2.24, 2.45) is 5.73 Å². The zero-order valence-electron chi connectivity index (χ0n) is 10.7. The summed E-state index contributed by atoms with van der Waals surface area (Å²) in [6.45, 7) is 4.57. The van der Waals surface area contributed by atoms with Gasteiger partial charge < -0.3 is 15.4 Å². The molecule has 1 rings (SSSR count). The molecule has 5 heteroatoms. The van der Waals surface area contributed by atoms with Gasteiger partial charge in [0.1, 0.15) is 5.75 Å². The van der Waals surface area contributed by atoms with Gasteiger partial charge in [0.2, 0.25) is 0 Å². The minimum Gasteiger partial charge on any atom is -0.484 e. The van der Waals surface area contributed by atoms with Crippen LogP contribution in [0.2, 0.25) is 0 Å². The molecule has 0 fully saturated rings. The smallest absolute Gasteiger partial charge is 0.260 e. The maximum Gasteiger partial charge on any atom is 0.260 e. The number of carbonyl (C=O) groups excluding carboxylic acids is 1. The van der Waals surface area contributed by atoms with E-state index in [1.54, 1.807) is 23.1 Å². The van der Waals surface area contributed by atoms with Gasteiger partial charge in [-0.2, -0.15) is 0 Å². The highest BCUT2D eigenvalue weighted by atomic mass is 32.1. The Morgan fingerprint density at radius 3 is 2.68 bits per heavy atom. The largest absolute Gasteiger partial charge is 0.484 e. The van der Waals surface area contributed by atoms with Gasteiger partial charge in [0.05, 0.1) is 4.99 Å². The number of thiocarbonyl (C=S) groups is 1. The van der Waals surface area contributed by atoms with Crippen molar-refractivity contribution in [2.75, 3.05) is 19.7 Å². The van der Waals surface area contributed by atoms with E-state index in [9.17, 15) is 4.79 Å². The maximum atomic E-state index is 12.0. The van der Waals surface area contributed by atoms with Crippen molar-refractivity contribution in [1.29, 1.82) is 0 Å². The van der Waals surface area contributed by atoms with E-state index in [1.807, 2.05) is 18.2 Å². The molecular weight excluding hydrogens is 260 g/mol. The molecule has 102 valence electrons. The highest BCUT2D eigenvalue weighted by molar-refractivity contribution is 7.80. The summed E-state index contributed by atoms with van der Waals surface area (Å²) in [7, 11) is 0. The number of benzene rings is 1. The Morgan fingerprint density at radius 2 is 2.11 bits per heavy atom. The van der Waals surface area contributed by atoms with Crippen molar-refractivity contribution < 1.29 is 9.53 Å². The summed E-state index contributed by atoms with van der Waals surface area (Å²) < 4.78 is 5.41. The molecule has 0 spiro atoms. The number of ether oxygens (including phenoxy) is 1. The fourth-order valence-electron chi connectivity index (χ4n) is 1.47. The molecule has 1 aromatic rings. The van der Waals surface area contributed by atoms with E-state index in [1.165, 1.54) is 0 Å². The number of nitrogens with zero attached hydrogens (tertiary/aromatic N) is 1. The van der Waals surface area contributed by atoms with Gasteiger partial charge >= 0.3 is 0 Å². The summed E-state index contributed by atoms with van der Waals surface area (Å²) in [5, 5.41) is 0. The molecule has 1 amide bonds. The third-order valence-electron chi connectivity index (χ3n) is 2.44. The van der Waals surface area contributed by atoms with Crippen LogP contribution in [0.4, 0.5) is 0 Å². The van der Waals surface area contributed by atoms with Crippen LogP contribution in [-0.4, -0.2) is 35.5 Å². The summed E-state index contributed by atoms with van der Waals surface area (Å²) in [4.78, 5) is 14.0. The lowest BCUT2D eigenvalue weighted by Gasteiger charge is -2.20. The monoisotopic (exact) mass is 278 g/mol. The van der Waals surface area contributed by atoms with Gasteiger partial charge in [-0.05, 0) is 12.1 Å². The number of nitrogens with two attached hydrogens (primary N) is 1. The van der Waals surface area contributed by atoms with Crippen molar-refractivity contribution >= 4 is 23.1 Å².